The maximum absolute atomic E-state index is 11.0. The maximum Gasteiger partial charge on any atom is 0.310 e. The molecule has 0 aromatic heterocycles. The van der Waals surface area contributed by atoms with Crippen LogP contribution in [0.15, 0.2) is 16.6 Å². The van der Waals surface area contributed by atoms with Crippen LogP contribution in [0.5, 0.6) is 5.75 Å². The normalized spacial score (nSPS) is 9.93. The third-order valence-electron chi connectivity index (χ3n) is 1.70. The number of carbonyl (C=O) groups excluding carboxylic acids is 1. The Labute approximate surface area is 94.8 Å². The molecule has 1 N–H and O–H groups in total. The number of phenolic OH excluding ortho intramolecular Hbond substituents is 1. The zero-order valence-electron chi connectivity index (χ0n) is 7.38. The molecule has 0 aliphatic rings. The van der Waals surface area contributed by atoms with E-state index in [4.69, 9.17) is 11.6 Å². The molecule has 0 radical (unpaired) electrons. The molecule has 0 saturated heterocycles. The molecule has 0 atom stereocenters. The molecular formula is C9H8BrClO3. The number of hydrogen-bond donors (Lipinski definition) is 1. The molecule has 1 aromatic rings. The number of esters is 1. The number of methoxy groups -OCH3 is 1. The lowest BCUT2D eigenvalue weighted by Gasteiger charge is -2.05. The van der Waals surface area contributed by atoms with Crippen LogP contribution in [-0.4, -0.2) is 18.2 Å². The van der Waals surface area contributed by atoms with Gasteiger partial charge in [-0.25, -0.2) is 0 Å². The van der Waals surface area contributed by atoms with E-state index in [9.17, 15) is 9.90 Å². The van der Waals surface area contributed by atoms with E-state index in [0.717, 1.165) is 0 Å². The fraction of sp³-hybridized carbons (Fsp3) is 0.222. The van der Waals surface area contributed by atoms with Gasteiger partial charge in [0.05, 0.1) is 23.0 Å². The van der Waals surface area contributed by atoms with Gasteiger partial charge in [-0.15, -0.1) is 0 Å². The highest BCUT2D eigenvalue weighted by molar-refractivity contribution is 9.10. The number of benzene rings is 1. The number of aromatic hydroxyl groups is 1. The molecular weight excluding hydrogens is 271 g/mol. The van der Waals surface area contributed by atoms with Crippen LogP contribution in [0.2, 0.25) is 5.02 Å². The summed E-state index contributed by atoms with van der Waals surface area (Å²) in [6, 6.07) is 3.05. The summed E-state index contributed by atoms with van der Waals surface area (Å²) in [4.78, 5) is 11.0. The van der Waals surface area contributed by atoms with Gasteiger partial charge in [-0.05, 0) is 27.6 Å². The van der Waals surface area contributed by atoms with Gasteiger partial charge < -0.3 is 9.84 Å². The van der Waals surface area contributed by atoms with Gasteiger partial charge in [0.25, 0.3) is 0 Å². The molecule has 0 aliphatic carbocycles. The van der Waals surface area contributed by atoms with Crippen molar-refractivity contribution >= 4 is 33.5 Å². The van der Waals surface area contributed by atoms with Crippen LogP contribution in [0.3, 0.4) is 0 Å². The van der Waals surface area contributed by atoms with E-state index >= 15 is 0 Å². The maximum atomic E-state index is 11.0. The van der Waals surface area contributed by atoms with Crippen molar-refractivity contribution in [1.29, 1.82) is 0 Å². The number of phenols is 1. The summed E-state index contributed by atoms with van der Waals surface area (Å²) in [5.74, 6) is -0.326. The molecule has 0 aliphatic heterocycles. The molecule has 0 bridgehead atoms. The molecule has 3 nitrogen and oxygen atoms in total. The minimum absolute atomic E-state index is 0.0450. The molecule has 0 unspecified atom stereocenters. The third-order valence-corrected chi connectivity index (χ3v) is 3.17. The van der Waals surface area contributed by atoms with Gasteiger partial charge in [0.15, 0.2) is 0 Å². The summed E-state index contributed by atoms with van der Waals surface area (Å²) in [7, 11) is 1.31. The fourth-order valence-corrected chi connectivity index (χ4v) is 1.56. The molecule has 0 saturated carbocycles. The SMILES string of the molecule is COC(=O)Cc1ccc(O)c(Br)c1Cl. The molecule has 1 rings (SSSR count). The zero-order chi connectivity index (χ0) is 10.7. The second-order valence-electron chi connectivity index (χ2n) is 2.62. The van der Waals surface area contributed by atoms with Crippen molar-refractivity contribution in [2.24, 2.45) is 0 Å². The smallest absolute Gasteiger partial charge is 0.310 e. The monoisotopic (exact) mass is 278 g/mol. The van der Waals surface area contributed by atoms with Gasteiger partial charge in [0, 0.05) is 0 Å². The Morgan fingerprint density at radius 2 is 2.29 bits per heavy atom. The van der Waals surface area contributed by atoms with Gasteiger partial charge >= 0.3 is 5.97 Å². The van der Waals surface area contributed by atoms with E-state index in [-0.39, 0.29) is 18.1 Å². The molecule has 1 aromatic carbocycles. The lowest BCUT2D eigenvalue weighted by atomic mass is 10.1. The molecule has 14 heavy (non-hydrogen) atoms. The molecule has 5 heteroatoms. The number of carbonyl (C=O) groups is 1. The minimum Gasteiger partial charge on any atom is -0.507 e. The average Bonchev–Trinajstić information content (AvgIpc) is 2.19. The highest BCUT2D eigenvalue weighted by Gasteiger charge is 2.11. The first-order valence-electron chi connectivity index (χ1n) is 3.79. The van der Waals surface area contributed by atoms with Gasteiger partial charge in [0.1, 0.15) is 5.75 Å². The van der Waals surface area contributed by atoms with Gasteiger partial charge in [-0.2, -0.15) is 0 Å². The Morgan fingerprint density at radius 1 is 1.64 bits per heavy atom. The van der Waals surface area contributed by atoms with E-state index in [1.54, 1.807) is 6.07 Å². The van der Waals surface area contributed by atoms with Crippen molar-refractivity contribution in [3.8, 4) is 5.75 Å². The second-order valence-corrected chi connectivity index (χ2v) is 3.80. The van der Waals surface area contributed by atoms with Crippen LogP contribution in [0, 0.1) is 0 Å². The Hall–Kier alpha value is -0.740. The fourth-order valence-electron chi connectivity index (χ4n) is 0.943. The molecule has 0 spiro atoms. The summed E-state index contributed by atoms with van der Waals surface area (Å²) < 4.78 is 4.89. The summed E-state index contributed by atoms with van der Waals surface area (Å²) >= 11 is 8.99. The van der Waals surface area contributed by atoms with Crippen LogP contribution in [0.4, 0.5) is 0 Å². The molecule has 0 fully saturated rings. The summed E-state index contributed by atoms with van der Waals surface area (Å²) in [6.07, 6.45) is 0.0915. The number of hydrogen-bond acceptors (Lipinski definition) is 3. The van der Waals surface area contributed by atoms with Crippen molar-refractivity contribution in [3.63, 3.8) is 0 Å². The second kappa shape index (κ2) is 4.66. The van der Waals surface area contributed by atoms with Crippen molar-refractivity contribution in [3.05, 3.63) is 27.2 Å². The predicted molar refractivity (Wildman–Crippen MR) is 56.5 cm³/mol. The van der Waals surface area contributed by atoms with E-state index in [1.807, 2.05) is 0 Å². The standard InChI is InChI=1S/C9H8BrClO3/c1-14-7(13)4-5-2-3-6(12)8(10)9(5)11/h2-3,12H,4H2,1H3. The Kier molecular flexibility index (Phi) is 3.77. The summed E-state index contributed by atoms with van der Waals surface area (Å²) in [5, 5.41) is 9.60. The van der Waals surface area contributed by atoms with Gasteiger partial charge in [0.2, 0.25) is 0 Å². The lowest BCUT2D eigenvalue weighted by Crippen LogP contribution is -2.04. The molecule has 0 heterocycles. The summed E-state index contributed by atoms with van der Waals surface area (Å²) in [6.45, 7) is 0. The predicted octanol–water partition coefficient (Wildman–Crippen LogP) is 2.52. The number of ether oxygens (including phenoxy) is 1. The van der Waals surface area contributed by atoms with E-state index in [0.29, 0.717) is 15.1 Å². The van der Waals surface area contributed by atoms with Crippen LogP contribution in [0.25, 0.3) is 0 Å². The Bertz CT molecular complexity index is 365. The Balaban J connectivity index is 3.00. The largest absolute Gasteiger partial charge is 0.507 e. The first-order valence-corrected chi connectivity index (χ1v) is 4.96. The minimum atomic E-state index is -0.371. The summed E-state index contributed by atoms with van der Waals surface area (Å²) in [5.41, 5.74) is 0.614. The topological polar surface area (TPSA) is 46.5 Å². The quantitative estimate of drug-likeness (QED) is 0.846. The first-order chi connectivity index (χ1) is 6.56. The lowest BCUT2D eigenvalue weighted by molar-refractivity contribution is -0.139. The van der Waals surface area contributed by atoms with Gasteiger partial charge in [-0.3, -0.25) is 4.79 Å². The van der Waals surface area contributed by atoms with E-state index in [2.05, 4.69) is 20.7 Å². The zero-order valence-corrected chi connectivity index (χ0v) is 9.72. The van der Waals surface area contributed by atoms with Crippen molar-refractivity contribution < 1.29 is 14.6 Å². The van der Waals surface area contributed by atoms with Gasteiger partial charge in [-0.1, -0.05) is 17.7 Å². The molecule has 76 valence electrons. The number of halogens is 2. The molecule has 0 amide bonds. The van der Waals surface area contributed by atoms with Crippen LogP contribution < -0.4 is 0 Å². The van der Waals surface area contributed by atoms with Crippen LogP contribution in [0.1, 0.15) is 5.56 Å². The first kappa shape index (κ1) is 11.3. The van der Waals surface area contributed by atoms with E-state index in [1.165, 1.54) is 13.2 Å². The van der Waals surface area contributed by atoms with Crippen molar-refractivity contribution in [2.75, 3.05) is 7.11 Å². The highest BCUT2D eigenvalue weighted by Crippen LogP contribution is 2.34. The van der Waals surface area contributed by atoms with Crippen molar-refractivity contribution in [2.45, 2.75) is 6.42 Å². The van der Waals surface area contributed by atoms with Crippen LogP contribution >= 0.6 is 27.5 Å². The average molecular weight is 280 g/mol. The van der Waals surface area contributed by atoms with Crippen molar-refractivity contribution in [1.82, 2.24) is 0 Å². The number of rotatable bonds is 2. The Morgan fingerprint density at radius 3 is 2.86 bits per heavy atom. The highest BCUT2D eigenvalue weighted by atomic mass is 79.9. The van der Waals surface area contributed by atoms with E-state index < -0.39 is 0 Å². The third kappa shape index (κ3) is 2.39. The van der Waals surface area contributed by atoms with Crippen LogP contribution in [-0.2, 0) is 16.0 Å².